The lowest BCUT2D eigenvalue weighted by molar-refractivity contribution is -0.139. The summed E-state index contributed by atoms with van der Waals surface area (Å²) in [6.07, 6.45) is -0.244. The van der Waals surface area contributed by atoms with Crippen LogP contribution in [0, 0.1) is 11.8 Å². The zero-order valence-corrected chi connectivity index (χ0v) is 9.80. The molecule has 0 aliphatic carbocycles. The van der Waals surface area contributed by atoms with E-state index in [1.165, 1.54) is 0 Å². The number of alkyl halides is 1. The van der Waals surface area contributed by atoms with Crippen molar-refractivity contribution >= 4 is 11.6 Å². The topological polar surface area (TPSA) is 18.5 Å². The van der Waals surface area contributed by atoms with Gasteiger partial charge in [-0.05, 0) is 11.8 Å². The molecule has 0 saturated carbocycles. The van der Waals surface area contributed by atoms with Crippen LogP contribution >= 0.6 is 11.6 Å². The van der Waals surface area contributed by atoms with Crippen LogP contribution in [-0.2, 0) is 9.47 Å². The molecule has 0 saturated heterocycles. The number of halogens is 1. The fraction of sp³-hybridized carbons (Fsp3) is 1.00. The number of hydrogen-bond donors (Lipinski definition) is 0. The van der Waals surface area contributed by atoms with Gasteiger partial charge < -0.3 is 9.47 Å². The molecule has 0 aliphatic heterocycles. The monoisotopic (exact) mass is 208 g/mol. The second-order valence-corrected chi connectivity index (χ2v) is 4.35. The fourth-order valence-corrected chi connectivity index (χ4v) is 0.915. The maximum absolute atomic E-state index is 5.68. The van der Waals surface area contributed by atoms with Gasteiger partial charge in [-0.2, -0.15) is 0 Å². The molecule has 0 aliphatic rings. The van der Waals surface area contributed by atoms with Gasteiger partial charge in [0.05, 0.1) is 19.1 Å². The van der Waals surface area contributed by atoms with Gasteiger partial charge in [0, 0.05) is 0 Å². The Hall–Kier alpha value is 0.210. The van der Waals surface area contributed by atoms with Crippen LogP contribution in [0.15, 0.2) is 0 Å². The van der Waals surface area contributed by atoms with Crippen molar-refractivity contribution in [3.63, 3.8) is 0 Å². The van der Waals surface area contributed by atoms with Crippen LogP contribution in [-0.4, -0.2) is 25.4 Å². The summed E-state index contributed by atoms with van der Waals surface area (Å²) in [4.78, 5) is 0. The third kappa shape index (κ3) is 8.54. The molecule has 0 atom stereocenters. The van der Waals surface area contributed by atoms with E-state index < -0.39 is 0 Å². The highest BCUT2D eigenvalue weighted by Crippen LogP contribution is 2.04. The Morgan fingerprint density at radius 1 is 0.923 bits per heavy atom. The maximum atomic E-state index is 5.68. The SMILES string of the molecule is CC(C)COC(CCl)OCC(C)C. The number of rotatable bonds is 7. The first-order chi connectivity index (χ1) is 6.06. The molecular weight excluding hydrogens is 188 g/mol. The lowest BCUT2D eigenvalue weighted by atomic mass is 10.2. The highest BCUT2D eigenvalue weighted by Gasteiger charge is 2.09. The molecule has 0 rings (SSSR count). The summed E-state index contributed by atoms with van der Waals surface area (Å²) in [5.74, 6) is 1.45. The lowest BCUT2D eigenvalue weighted by Crippen LogP contribution is -2.23. The molecule has 0 unspecified atom stereocenters. The van der Waals surface area contributed by atoms with Gasteiger partial charge in [0.1, 0.15) is 0 Å². The van der Waals surface area contributed by atoms with E-state index in [4.69, 9.17) is 21.1 Å². The van der Waals surface area contributed by atoms with Crippen LogP contribution in [0.5, 0.6) is 0 Å². The molecule has 3 heteroatoms. The zero-order valence-electron chi connectivity index (χ0n) is 9.05. The van der Waals surface area contributed by atoms with Gasteiger partial charge in [0.15, 0.2) is 6.29 Å². The minimum atomic E-state index is -0.244. The molecule has 0 amide bonds. The molecule has 2 nitrogen and oxygen atoms in total. The van der Waals surface area contributed by atoms with E-state index >= 15 is 0 Å². The standard InChI is InChI=1S/C10H21ClO2/c1-8(2)6-12-10(5-11)13-7-9(3)4/h8-10H,5-7H2,1-4H3. The Labute approximate surface area is 86.6 Å². The zero-order chi connectivity index (χ0) is 10.3. The highest BCUT2D eigenvalue weighted by atomic mass is 35.5. The summed E-state index contributed by atoms with van der Waals surface area (Å²) >= 11 is 5.68. The first kappa shape index (κ1) is 13.2. The van der Waals surface area contributed by atoms with Gasteiger partial charge >= 0.3 is 0 Å². The van der Waals surface area contributed by atoms with E-state index in [0.717, 1.165) is 0 Å². The van der Waals surface area contributed by atoms with E-state index in [9.17, 15) is 0 Å². The fourth-order valence-electron chi connectivity index (χ4n) is 0.737. The summed E-state index contributed by atoms with van der Waals surface area (Å²) in [7, 11) is 0. The van der Waals surface area contributed by atoms with Gasteiger partial charge in [-0.3, -0.25) is 0 Å². The predicted octanol–water partition coefficient (Wildman–Crippen LogP) is 2.90. The molecule has 0 aromatic heterocycles. The molecular formula is C10H21ClO2. The average Bonchev–Trinajstić information content (AvgIpc) is 2.04. The first-order valence-electron chi connectivity index (χ1n) is 4.85. The summed E-state index contributed by atoms with van der Waals surface area (Å²) in [6.45, 7) is 9.83. The summed E-state index contributed by atoms with van der Waals surface area (Å²) < 4.78 is 10.9. The molecule has 0 bridgehead atoms. The molecule has 0 radical (unpaired) electrons. The summed E-state index contributed by atoms with van der Waals surface area (Å²) in [5.41, 5.74) is 0. The minimum absolute atomic E-state index is 0.244. The quantitative estimate of drug-likeness (QED) is 0.473. The Bertz CT molecular complexity index is 103. The second-order valence-electron chi connectivity index (χ2n) is 4.04. The van der Waals surface area contributed by atoms with Crippen LogP contribution in [0.25, 0.3) is 0 Å². The molecule has 0 fully saturated rings. The van der Waals surface area contributed by atoms with Gasteiger partial charge in [-0.1, -0.05) is 27.7 Å². The summed E-state index contributed by atoms with van der Waals surface area (Å²) in [6, 6.07) is 0. The minimum Gasteiger partial charge on any atom is -0.351 e. The van der Waals surface area contributed by atoms with Crippen LogP contribution in [0.3, 0.4) is 0 Å². The van der Waals surface area contributed by atoms with Gasteiger partial charge in [-0.25, -0.2) is 0 Å². The summed E-state index contributed by atoms with van der Waals surface area (Å²) in [5, 5.41) is 0. The van der Waals surface area contributed by atoms with Crippen molar-refractivity contribution in [1.29, 1.82) is 0 Å². The predicted molar refractivity (Wildman–Crippen MR) is 56.1 cm³/mol. The van der Waals surface area contributed by atoms with Gasteiger partial charge in [0.2, 0.25) is 0 Å². The van der Waals surface area contributed by atoms with Crippen LogP contribution in [0.2, 0.25) is 0 Å². The largest absolute Gasteiger partial charge is 0.351 e. The second kappa shape index (κ2) is 7.60. The Morgan fingerprint density at radius 3 is 1.54 bits per heavy atom. The first-order valence-corrected chi connectivity index (χ1v) is 5.38. The van der Waals surface area contributed by atoms with E-state index in [2.05, 4.69) is 27.7 Å². The average molecular weight is 209 g/mol. The third-order valence-electron chi connectivity index (χ3n) is 1.36. The molecule has 0 N–H and O–H groups in total. The smallest absolute Gasteiger partial charge is 0.170 e. The number of ether oxygens (including phenoxy) is 2. The Morgan fingerprint density at radius 2 is 1.31 bits per heavy atom. The molecule has 13 heavy (non-hydrogen) atoms. The Balaban J connectivity index is 3.51. The molecule has 0 aromatic carbocycles. The molecule has 80 valence electrons. The van der Waals surface area contributed by atoms with E-state index in [1.54, 1.807) is 0 Å². The van der Waals surface area contributed by atoms with Crippen LogP contribution in [0.4, 0.5) is 0 Å². The van der Waals surface area contributed by atoms with E-state index in [0.29, 0.717) is 30.9 Å². The molecule has 0 heterocycles. The maximum Gasteiger partial charge on any atom is 0.170 e. The van der Waals surface area contributed by atoms with Crippen molar-refractivity contribution in [2.75, 3.05) is 19.1 Å². The van der Waals surface area contributed by atoms with E-state index in [-0.39, 0.29) is 6.29 Å². The van der Waals surface area contributed by atoms with Crippen molar-refractivity contribution in [3.05, 3.63) is 0 Å². The third-order valence-corrected chi connectivity index (χ3v) is 1.61. The van der Waals surface area contributed by atoms with Crippen molar-refractivity contribution in [2.24, 2.45) is 11.8 Å². The lowest BCUT2D eigenvalue weighted by Gasteiger charge is -2.18. The molecule has 0 aromatic rings. The number of hydrogen-bond acceptors (Lipinski definition) is 2. The van der Waals surface area contributed by atoms with Crippen LogP contribution < -0.4 is 0 Å². The van der Waals surface area contributed by atoms with Crippen molar-refractivity contribution in [3.8, 4) is 0 Å². The van der Waals surface area contributed by atoms with E-state index in [1.807, 2.05) is 0 Å². The van der Waals surface area contributed by atoms with Crippen molar-refractivity contribution in [1.82, 2.24) is 0 Å². The normalized spacial score (nSPS) is 12.0. The Kier molecular flexibility index (Phi) is 7.72. The highest BCUT2D eigenvalue weighted by molar-refractivity contribution is 6.18. The van der Waals surface area contributed by atoms with Crippen molar-refractivity contribution < 1.29 is 9.47 Å². The molecule has 0 spiro atoms. The van der Waals surface area contributed by atoms with Crippen LogP contribution in [0.1, 0.15) is 27.7 Å². The van der Waals surface area contributed by atoms with Crippen molar-refractivity contribution in [2.45, 2.75) is 34.0 Å². The van der Waals surface area contributed by atoms with Gasteiger partial charge in [-0.15, -0.1) is 11.6 Å². The van der Waals surface area contributed by atoms with Gasteiger partial charge in [0.25, 0.3) is 0 Å².